The lowest BCUT2D eigenvalue weighted by atomic mass is 9.94. The van der Waals surface area contributed by atoms with Crippen LogP contribution in [0.15, 0.2) is 42.5 Å². The first-order chi connectivity index (χ1) is 14.9. The maximum atomic E-state index is 10.5. The second-order valence-electron chi connectivity index (χ2n) is 8.58. The van der Waals surface area contributed by atoms with Gasteiger partial charge in [-0.25, -0.2) is 0 Å². The minimum atomic E-state index is -0.375. The summed E-state index contributed by atoms with van der Waals surface area (Å²) in [5, 5.41) is 1.30. The third kappa shape index (κ3) is 7.50. The summed E-state index contributed by atoms with van der Waals surface area (Å²) in [4.78, 5) is 15.8. The van der Waals surface area contributed by atoms with Gasteiger partial charge >= 0.3 is 0 Å². The molecule has 1 saturated carbocycles. The van der Waals surface area contributed by atoms with Crippen molar-refractivity contribution in [3.05, 3.63) is 69.2 Å². The molecule has 0 bridgehead atoms. The molecule has 1 aliphatic heterocycles. The van der Waals surface area contributed by atoms with Crippen molar-refractivity contribution in [2.45, 2.75) is 51.6 Å². The fraction of sp³-hybridized carbons (Fsp3) is 0.480. The molecule has 0 unspecified atom stereocenters. The number of piperazine rings is 1. The molecule has 168 valence electrons. The third-order valence-electron chi connectivity index (χ3n) is 6.22. The molecule has 31 heavy (non-hydrogen) atoms. The minimum absolute atomic E-state index is 0.375. The van der Waals surface area contributed by atoms with Crippen molar-refractivity contribution >= 4 is 29.1 Å². The number of nitrogens with zero attached hydrogens (tertiary/aromatic N) is 2. The number of halogens is 2. The summed E-state index contributed by atoms with van der Waals surface area (Å²) in [5.41, 5.74) is 7.97. The summed E-state index contributed by atoms with van der Waals surface area (Å²) in [5.74, 6) is -0.375. The van der Waals surface area contributed by atoms with Crippen LogP contribution in [0.1, 0.15) is 53.6 Å². The van der Waals surface area contributed by atoms with E-state index in [1.807, 2.05) is 31.2 Å². The van der Waals surface area contributed by atoms with E-state index in [2.05, 4.69) is 15.9 Å². The van der Waals surface area contributed by atoms with Crippen molar-refractivity contribution in [2.24, 2.45) is 5.73 Å². The van der Waals surface area contributed by atoms with E-state index in [0.29, 0.717) is 15.6 Å². The van der Waals surface area contributed by atoms with E-state index in [1.54, 1.807) is 12.1 Å². The Hall–Kier alpha value is -1.59. The molecule has 6 heteroatoms. The van der Waals surface area contributed by atoms with Gasteiger partial charge in [0.2, 0.25) is 5.91 Å². The van der Waals surface area contributed by atoms with Gasteiger partial charge in [-0.3, -0.25) is 14.6 Å². The number of carbonyl (C=O) groups is 1. The number of benzene rings is 2. The quantitative estimate of drug-likeness (QED) is 0.649. The molecule has 2 aromatic carbocycles. The summed E-state index contributed by atoms with van der Waals surface area (Å²) in [6, 6.07) is 14.0. The third-order valence-corrected chi connectivity index (χ3v) is 6.96. The number of amides is 1. The van der Waals surface area contributed by atoms with Crippen LogP contribution >= 0.6 is 23.2 Å². The molecule has 4 nitrogen and oxygen atoms in total. The number of hydrogen-bond acceptors (Lipinski definition) is 3. The van der Waals surface area contributed by atoms with Gasteiger partial charge < -0.3 is 5.73 Å². The normalized spacial score (nSPS) is 18.3. The number of hydrogen-bond donors (Lipinski definition) is 1. The van der Waals surface area contributed by atoms with E-state index in [0.717, 1.165) is 31.2 Å². The molecule has 2 fully saturated rings. The molecule has 1 saturated heterocycles. The van der Waals surface area contributed by atoms with E-state index in [4.69, 9.17) is 28.9 Å². The largest absolute Gasteiger partial charge is 0.366 e. The molecule has 0 radical (unpaired) electrons. The van der Waals surface area contributed by atoms with E-state index in [9.17, 15) is 4.79 Å². The zero-order chi connectivity index (χ0) is 22.2. The Kier molecular flexibility index (Phi) is 9.21. The average molecular weight is 462 g/mol. The molecule has 1 heterocycles. The van der Waals surface area contributed by atoms with Gasteiger partial charge in [-0.05, 0) is 49.6 Å². The van der Waals surface area contributed by atoms with Gasteiger partial charge in [0.05, 0.1) is 10.0 Å². The van der Waals surface area contributed by atoms with Crippen molar-refractivity contribution in [1.29, 1.82) is 0 Å². The van der Waals surface area contributed by atoms with Crippen LogP contribution in [0.2, 0.25) is 10.0 Å². The standard InChI is InChI=1S/C17H24Cl2N2.C8H9NO/c18-16-7-6-14(12-17(16)19)13-20-8-10-21(11-9-20)15-4-2-1-3-5-15;1-6-2-4-7(5-3-6)8(9)10/h6-7,12,15H,1-5,8-11,13H2;2-5H,1H3,(H2,9,10). The first kappa shape index (κ1) is 24.1. The van der Waals surface area contributed by atoms with E-state index in [-0.39, 0.29) is 5.91 Å². The van der Waals surface area contributed by atoms with Crippen LogP contribution < -0.4 is 5.73 Å². The topological polar surface area (TPSA) is 49.6 Å². The Balaban J connectivity index is 0.000000229. The fourth-order valence-corrected chi connectivity index (χ4v) is 4.67. The second-order valence-corrected chi connectivity index (χ2v) is 9.40. The highest BCUT2D eigenvalue weighted by Gasteiger charge is 2.25. The number of carbonyl (C=O) groups excluding carboxylic acids is 1. The van der Waals surface area contributed by atoms with Crippen molar-refractivity contribution in [1.82, 2.24) is 9.80 Å². The van der Waals surface area contributed by atoms with Crippen LogP contribution in [0.3, 0.4) is 0 Å². The van der Waals surface area contributed by atoms with Crippen LogP contribution in [0, 0.1) is 6.92 Å². The molecule has 2 N–H and O–H groups in total. The number of aryl methyl sites for hydroxylation is 1. The van der Waals surface area contributed by atoms with E-state index < -0.39 is 0 Å². The van der Waals surface area contributed by atoms with Gasteiger partial charge in [-0.2, -0.15) is 0 Å². The first-order valence-corrected chi connectivity index (χ1v) is 11.9. The fourth-order valence-electron chi connectivity index (χ4n) is 4.35. The van der Waals surface area contributed by atoms with Gasteiger partial charge in [-0.15, -0.1) is 0 Å². The summed E-state index contributed by atoms with van der Waals surface area (Å²) < 4.78 is 0. The second kappa shape index (κ2) is 11.9. The van der Waals surface area contributed by atoms with Crippen molar-refractivity contribution < 1.29 is 4.79 Å². The number of rotatable bonds is 4. The van der Waals surface area contributed by atoms with Gasteiger partial charge in [0.15, 0.2) is 0 Å². The van der Waals surface area contributed by atoms with Gasteiger partial charge in [0.25, 0.3) is 0 Å². The van der Waals surface area contributed by atoms with Crippen molar-refractivity contribution in [3.63, 3.8) is 0 Å². The van der Waals surface area contributed by atoms with E-state index in [1.165, 1.54) is 50.8 Å². The summed E-state index contributed by atoms with van der Waals surface area (Å²) in [6.45, 7) is 7.70. The molecule has 1 aliphatic carbocycles. The highest BCUT2D eigenvalue weighted by atomic mass is 35.5. The Morgan fingerprint density at radius 3 is 2.16 bits per heavy atom. The molecule has 4 rings (SSSR count). The van der Waals surface area contributed by atoms with Gasteiger partial charge in [0.1, 0.15) is 0 Å². The van der Waals surface area contributed by atoms with Crippen LogP contribution in [0.25, 0.3) is 0 Å². The van der Waals surface area contributed by atoms with Crippen LogP contribution in [0.5, 0.6) is 0 Å². The lowest BCUT2D eigenvalue weighted by Crippen LogP contribution is -2.50. The Labute approximate surface area is 196 Å². The molecule has 0 atom stereocenters. The maximum Gasteiger partial charge on any atom is 0.248 e. The zero-order valence-corrected chi connectivity index (χ0v) is 19.8. The van der Waals surface area contributed by atoms with Crippen LogP contribution in [-0.2, 0) is 6.54 Å². The molecule has 0 spiro atoms. The predicted molar refractivity (Wildman–Crippen MR) is 130 cm³/mol. The maximum absolute atomic E-state index is 10.5. The zero-order valence-electron chi connectivity index (χ0n) is 18.3. The molecular formula is C25H33Cl2N3O. The van der Waals surface area contributed by atoms with Crippen LogP contribution in [0.4, 0.5) is 0 Å². The smallest absolute Gasteiger partial charge is 0.248 e. The Bertz CT molecular complexity index is 842. The van der Waals surface area contributed by atoms with Gasteiger partial charge in [-0.1, -0.05) is 66.2 Å². The highest BCUT2D eigenvalue weighted by molar-refractivity contribution is 6.42. The highest BCUT2D eigenvalue weighted by Crippen LogP contribution is 2.25. The van der Waals surface area contributed by atoms with Crippen LogP contribution in [-0.4, -0.2) is 47.9 Å². The molecule has 2 aliphatic rings. The van der Waals surface area contributed by atoms with Crippen molar-refractivity contribution in [2.75, 3.05) is 26.2 Å². The molecule has 0 aromatic heterocycles. The lowest BCUT2D eigenvalue weighted by molar-refractivity contribution is 0.0755. The minimum Gasteiger partial charge on any atom is -0.366 e. The molecule has 1 amide bonds. The molecule has 2 aromatic rings. The lowest BCUT2D eigenvalue weighted by Gasteiger charge is -2.40. The van der Waals surface area contributed by atoms with Gasteiger partial charge in [0, 0.05) is 44.3 Å². The number of nitrogens with two attached hydrogens (primary N) is 1. The average Bonchev–Trinajstić information content (AvgIpc) is 2.78. The number of primary amides is 1. The molecular weight excluding hydrogens is 429 g/mol. The Morgan fingerprint density at radius 2 is 1.58 bits per heavy atom. The SMILES string of the molecule is Cc1ccc(C(N)=O)cc1.Clc1ccc(CN2CCN(C3CCCCC3)CC2)cc1Cl. The first-order valence-electron chi connectivity index (χ1n) is 11.2. The summed E-state index contributed by atoms with van der Waals surface area (Å²) in [7, 11) is 0. The van der Waals surface area contributed by atoms with Crippen molar-refractivity contribution in [3.8, 4) is 0 Å². The van der Waals surface area contributed by atoms with E-state index >= 15 is 0 Å². The monoisotopic (exact) mass is 461 g/mol. The predicted octanol–water partition coefficient (Wildman–Crippen LogP) is 5.54. The Morgan fingerprint density at radius 1 is 0.935 bits per heavy atom. The summed E-state index contributed by atoms with van der Waals surface area (Å²) in [6.07, 6.45) is 7.11. The summed E-state index contributed by atoms with van der Waals surface area (Å²) >= 11 is 12.1.